The van der Waals surface area contributed by atoms with Gasteiger partial charge in [0.2, 0.25) is 0 Å². The number of likely N-dealkylation sites (N-methyl/N-ethyl adjacent to an activating group) is 1. The van der Waals surface area contributed by atoms with Gasteiger partial charge in [0.1, 0.15) is 0 Å². The molecule has 90 valence electrons. The van der Waals surface area contributed by atoms with E-state index in [4.69, 9.17) is 4.74 Å². The Morgan fingerprint density at radius 1 is 1.35 bits per heavy atom. The largest absolute Gasteiger partial charge is 0.371 e. The second kappa shape index (κ2) is 4.13. The van der Waals surface area contributed by atoms with Crippen LogP contribution in [0.1, 0.15) is 11.7 Å². The molecule has 0 unspecified atom stereocenters. The summed E-state index contributed by atoms with van der Waals surface area (Å²) in [5.74, 6) is 0. The topological polar surface area (TPSA) is 30.3 Å². The van der Waals surface area contributed by atoms with Crippen LogP contribution in [-0.4, -0.2) is 41.4 Å². The highest BCUT2D eigenvalue weighted by Gasteiger charge is 2.19. The molecule has 2 heterocycles. The minimum absolute atomic E-state index is 0.193. The third-order valence-electron chi connectivity index (χ3n) is 3.41. The maximum absolute atomic E-state index is 5.82. The number of fused-ring (bicyclic) bond motifs is 1. The van der Waals surface area contributed by atoms with Crippen LogP contribution in [0.15, 0.2) is 24.4 Å². The quantitative estimate of drug-likeness (QED) is 0.746. The maximum Gasteiger partial charge on any atom is 0.0952 e. The van der Waals surface area contributed by atoms with Crippen LogP contribution in [0.25, 0.3) is 10.9 Å². The number of nitrogens with zero attached hydrogens (tertiary/aromatic N) is 3. The van der Waals surface area contributed by atoms with Gasteiger partial charge in [0.05, 0.1) is 24.4 Å². The number of hydrogen-bond acceptors (Lipinski definition) is 3. The summed E-state index contributed by atoms with van der Waals surface area (Å²) >= 11 is 0. The van der Waals surface area contributed by atoms with E-state index in [0.717, 1.165) is 25.2 Å². The van der Waals surface area contributed by atoms with E-state index >= 15 is 0 Å². The summed E-state index contributed by atoms with van der Waals surface area (Å²) in [5, 5.41) is 5.44. The van der Waals surface area contributed by atoms with E-state index in [1.165, 1.54) is 10.9 Å². The summed E-state index contributed by atoms with van der Waals surface area (Å²) in [4.78, 5) is 2.31. The van der Waals surface area contributed by atoms with Crippen LogP contribution >= 0.6 is 0 Å². The average molecular weight is 231 g/mol. The zero-order valence-electron chi connectivity index (χ0n) is 10.3. The van der Waals surface area contributed by atoms with E-state index in [1.54, 1.807) is 0 Å². The van der Waals surface area contributed by atoms with E-state index in [-0.39, 0.29) is 6.10 Å². The van der Waals surface area contributed by atoms with Gasteiger partial charge in [-0.05, 0) is 24.7 Å². The predicted molar refractivity (Wildman–Crippen MR) is 66.9 cm³/mol. The van der Waals surface area contributed by atoms with Crippen molar-refractivity contribution < 1.29 is 4.74 Å². The fourth-order valence-corrected chi connectivity index (χ4v) is 2.36. The zero-order valence-corrected chi connectivity index (χ0v) is 10.3. The van der Waals surface area contributed by atoms with E-state index in [9.17, 15) is 0 Å². The molecule has 1 atom stereocenters. The molecular weight excluding hydrogens is 214 g/mol. The number of aryl methyl sites for hydroxylation is 1. The summed E-state index contributed by atoms with van der Waals surface area (Å²) in [5.41, 5.74) is 2.41. The molecule has 1 saturated heterocycles. The van der Waals surface area contributed by atoms with Crippen LogP contribution < -0.4 is 0 Å². The molecule has 0 N–H and O–H groups in total. The first kappa shape index (κ1) is 10.7. The molecule has 0 saturated carbocycles. The van der Waals surface area contributed by atoms with Gasteiger partial charge in [-0.2, -0.15) is 5.10 Å². The lowest BCUT2D eigenvalue weighted by atomic mass is 10.1. The minimum atomic E-state index is 0.193. The Morgan fingerprint density at radius 2 is 2.24 bits per heavy atom. The van der Waals surface area contributed by atoms with Crippen LogP contribution in [0, 0.1) is 0 Å². The maximum atomic E-state index is 5.82. The molecule has 1 fully saturated rings. The molecule has 3 rings (SSSR count). The molecule has 0 bridgehead atoms. The Labute approximate surface area is 101 Å². The van der Waals surface area contributed by atoms with E-state index in [2.05, 4.69) is 35.2 Å². The lowest BCUT2D eigenvalue weighted by Crippen LogP contribution is -2.35. The molecule has 0 spiro atoms. The van der Waals surface area contributed by atoms with Gasteiger partial charge in [0.25, 0.3) is 0 Å². The fourth-order valence-electron chi connectivity index (χ4n) is 2.36. The second-order valence-electron chi connectivity index (χ2n) is 4.71. The first-order valence-electron chi connectivity index (χ1n) is 5.96. The number of rotatable bonds is 1. The molecule has 17 heavy (non-hydrogen) atoms. The summed E-state index contributed by atoms with van der Waals surface area (Å²) in [6.45, 7) is 2.80. The molecule has 2 aromatic rings. The number of ether oxygens (including phenoxy) is 1. The van der Waals surface area contributed by atoms with Gasteiger partial charge < -0.3 is 9.64 Å². The molecule has 1 aliphatic rings. The standard InChI is InChI=1S/C13H17N3O/c1-15-5-6-17-13(9-15)10-3-4-12-11(7-10)8-14-16(12)2/h3-4,7-8,13H,5-6,9H2,1-2H3/t13-/m0/s1. The molecule has 1 aromatic carbocycles. The summed E-state index contributed by atoms with van der Waals surface area (Å²) in [6.07, 6.45) is 2.10. The lowest BCUT2D eigenvalue weighted by molar-refractivity contribution is -0.0208. The Bertz CT molecular complexity index is 534. The van der Waals surface area contributed by atoms with Crippen molar-refractivity contribution in [3.8, 4) is 0 Å². The molecule has 1 aromatic heterocycles. The highest BCUT2D eigenvalue weighted by molar-refractivity contribution is 5.79. The summed E-state index contributed by atoms with van der Waals surface area (Å²) in [7, 11) is 4.10. The van der Waals surface area contributed by atoms with Gasteiger partial charge in [-0.3, -0.25) is 4.68 Å². The smallest absolute Gasteiger partial charge is 0.0952 e. The van der Waals surface area contributed by atoms with Crippen LogP contribution in [-0.2, 0) is 11.8 Å². The molecule has 1 aliphatic heterocycles. The highest BCUT2D eigenvalue weighted by atomic mass is 16.5. The first-order valence-corrected chi connectivity index (χ1v) is 5.96. The van der Waals surface area contributed by atoms with Crippen LogP contribution in [0.2, 0.25) is 0 Å². The number of morpholine rings is 1. The third kappa shape index (κ3) is 1.94. The van der Waals surface area contributed by atoms with E-state index in [1.807, 2.05) is 17.9 Å². The first-order chi connectivity index (χ1) is 8.24. The van der Waals surface area contributed by atoms with Crippen molar-refractivity contribution in [2.24, 2.45) is 7.05 Å². The molecule has 0 amide bonds. The summed E-state index contributed by atoms with van der Waals surface area (Å²) in [6, 6.07) is 6.45. The number of hydrogen-bond donors (Lipinski definition) is 0. The second-order valence-corrected chi connectivity index (χ2v) is 4.71. The monoisotopic (exact) mass is 231 g/mol. The van der Waals surface area contributed by atoms with Crippen LogP contribution in [0.3, 0.4) is 0 Å². The zero-order chi connectivity index (χ0) is 11.8. The van der Waals surface area contributed by atoms with Crippen LogP contribution in [0.4, 0.5) is 0 Å². The Hall–Kier alpha value is -1.39. The predicted octanol–water partition coefficient (Wildman–Crippen LogP) is 1.58. The van der Waals surface area contributed by atoms with Gasteiger partial charge in [-0.15, -0.1) is 0 Å². The van der Waals surface area contributed by atoms with Crippen molar-refractivity contribution in [3.05, 3.63) is 30.0 Å². The van der Waals surface area contributed by atoms with Crippen molar-refractivity contribution in [2.45, 2.75) is 6.10 Å². The van der Waals surface area contributed by atoms with Crippen molar-refractivity contribution in [3.63, 3.8) is 0 Å². The molecule has 4 nitrogen and oxygen atoms in total. The minimum Gasteiger partial charge on any atom is -0.371 e. The van der Waals surface area contributed by atoms with Gasteiger partial charge in [0, 0.05) is 25.5 Å². The van der Waals surface area contributed by atoms with Gasteiger partial charge in [0.15, 0.2) is 0 Å². The van der Waals surface area contributed by atoms with Crippen molar-refractivity contribution >= 4 is 10.9 Å². The fraction of sp³-hybridized carbons (Fsp3) is 0.462. The molecular formula is C13H17N3O. The molecule has 4 heteroatoms. The number of benzene rings is 1. The lowest BCUT2D eigenvalue weighted by Gasteiger charge is -2.30. The normalized spacial score (nSPS) is 22.1. The van der Waals surface area contributed by atoms with Gasteiger partial charge in [-0.1, -0.05) is 6.07 Å². The third-order valence-corrected chi connectivity index (χ3v) is 3.41. The van der Waals surface area contributed by atoms with Crippen molar-refractivity contribution in [1.29, 1.82) is 0 Å². The highest BCUT2D eigenvalue weighted by Crippen LogP contribution is 2.24. The van der Waals surface area contributed by atoms with Crippen molar-refractivity contribution in [2.75, 3.05) is 26.7 Å². The Kier molecular flexibility index (Phi) is 2.61. The summed E-state index contributed by atoms with van der Waals surface area (Å²) < 4.78 is 7.72. The van der Waals surface area contributed by atoms with Gasteiger partial charge >= 0.3 is 0 Å². The van der Waals surface area contributed by atoms with E-state index in [0.29, 0.717) is 0 Å². The SMILES string of the molecule is CN1CCO[C@H](c2ccc3c(cnn3C)c2)C1. The average Bonchev–Trinajstić information content (AvgIpc) is 2.71. The van der Waals surface area contributed by atoms with Gasteiger partial charge in [-0.25, -0.2) is 0 Å². The van der Waals surface area contributed by atoms with E-state index < -0.39 is 0 Å². The number of aromatic nitrogens is 2. The Balaban J connectivity index is 1.94. The van der Waals surface area contributed by atoms with Crippen molar-refractivity contribution in [1.82, 2.24) is 14.7 Å². The molecule has 0 radical (unpaired) electrons. The Morgan fingerprint density at radius 3 is 3.06 bits per heavy atom. The van der Waals surface area contributed by atoms with Crippen LogP contribution in [0.5, 0.6) is 0 Å². The molecule has 0 aliphatic carbocycles.